The number of nitrogens with one attached hydrogen (secondary N) is 1. The van der Waals surface area contributed by atoms with Gasteiger partial charge in [0, 0.05) is 5.56 Å². The lowest BCUT2D eigenvalue weighted by Crippen LogP contribution is -2.13. The zero-order chi connectivity index (χ0) is 13.8. The number of hydrogen-bond acceptors (Lipinski definition) is 2. The molecule has 0 spiro atoms. The summed E-state index contributed by atoms with van der Waals surface area (Å²) in [5.74, 6) is -1.19. The summed E-state index contributed by atoms with van der Waals surface area (Å²) in [6.07, 6.45) is 0. The van der Waals surface area contributed by atoms with E-state index in [1.54, 1.807) is 18.2 Å². The van der Waals surface area contributed by atoms with Crippen LogP contribution >= 0.6 is 11.6 Å². The Hall–Kier alpha value is -2.38. The summed E-state index contributed by atoms with van der Waals surface area (Å²) in [6.45, 7) is 0. The van der Waals surface area contributed by atoms with Crippen molar-refractivity contribution >= 4 is 23.2 Å². The molecule has 0 aliphatic rings. The molecule has 0 radical (unpaired) electrons. The van der Waals surface area contributed by atoms with Crippen molar-refractivity contribution in [2.75, 3.05) is 5.32 Å². The molecule has 0 saturated carbocycles. The largest absolute Gasteiger partial charge is 0.319 e. The third kappa shape index (κ3) is 2.90. The number of benzene rings is 2. The first-order valence-corrected chi connectivity index (χ1v) is 5.75. The Bertz CT molecular complexity index is 679. The highest BCUT2D eigenvalue weighted by atomic mass is 35.5. The number of hydrogen-bond donors (Lipinski definition) is 1. The summed E-state index contributed by atoms with van der Waals surface area (Å²) < 4.78 is 13.6. The smallest absolute Gasteiger partial charge is 0.255 e. The van der Waals surface area contributed by atoms with Crippen LogP contribution in [-0.4, -0.2) is 5.91 Å². The van der Waals surface area contributed by atoms with Gasteiger partial charge in [-0.05, 0) is 30.3 Å². The van der Waals surface area contributed by atoms with Crippen LogP contribution in [0.5, 0.6) is 0 Å². The van der Waals surface area contributed by atoms with Crippen LogP contribution < -0.4 is 5.32 Å². The van der Waals surface area contributed by atoms with Crippen molar-refractivity contribution in [2.45, 2.75) is 0 Å². The lowest BCUT2D eigenvalue weighted by atomic mass is 10.1. The Morgan fingerprint density at radius 1 is 1.26 bits per heavy atom. The third-order valence-corrected chi connectivity index (χ3v) is 2.75. The van der Waals surface area contributed by atoms with Crippen molar-refractivity contribution in [3.05, 3.63) is 64.4 Å². The minimum atomic E-state index is -0.686. The van der Waals surface area contributed by atoms with E-state index >= 15 is 0 Å². The van der Waals surface area contributed by atoms with E-state index in [4.69, 9.17) is 16.9 Å². The van der Waals surface area contributed by atoms with Gasteiger partial charge >= 0.3 is 0 Å². The fraction of sp³-hybridized carbons (Fsp3) is 0. The second kappa shape index (κ2) is 5.51. The molecule has 0 aliphatic carbocycles. The average Bonchev–Trinajstić information content (AvgIpc) is 2.44. The first-order chi connectivity index (χ1) is 9.11. The van der Waals surface area contributed by atoms with Gasteiger partial charge in [-0.3, -0.25) is 4.79 Å². The molecule has 2 aromatic carbocycles. The Balaban J connectivity index is 2.26. The molecule has 94 valence electrons. The van der Waals surface area contributed by atoms with Crippen LogP contribution in [0.2, 0.25) is 5.02 Å². The fourth-order valence-electron chi connectivity index (χ4n) is 1.52. The standard InChI is InChI=1S/C14H8ClFN2O/c15-11-5-2-6-12(13(11)16)18-14(19)10-4-1-3-9(7-10)8-17/h1-7H,(H,18,19). The molecule has 0 fully saturated rings. The van der Waals surface area contributed by atoms with Crippen LogP contribution in [0.25, 0.3) is 0 Å². The van der Waals surface area contributed by atoms with Gasteiger partial charge < -0.3 is 5.32 Å². The number of nitrogens with zero attached hydrogens (tertiary/aromatic N) is 1. The molecule has 3 nitrogen and oxygen atoms in total. The second-order valence-electron chi connectivity index (χ2n) is 3.75. The molecule has 0 atom stereocenters. The normalized spacial score (nSPS) is 9.74. The molecule has 0 bridgehead atoms. The highest BCUT2D eigenvalue weighted by molar-refractivity contribution is 6.31. The van der Waals surface area contributed by atoms with E-state index in [0.29, 0.717) is 5.56 Å². The first kappa shape index (κ1) is 13.1. The van der Waals surface area contributed by atoms with Gasteiger partial charge in [0.2, 0.25) is 0 Å². The molecule has 2 rings (SSSR count). The van der Waals surface area contributed by atoms with Crippen LogP contribution in [-0.2, 0) is 0 Å². The Kier molecular flexibility index (Phi) is 3.79. The maximum absolute atomic E-state index is 13.6. The summed E-state index contributed by atoms with van der Waals surface area (Å²) in [4.78, 5) is 11.9. The van der Waals surface area contributed by atoms with Crippen LogP contribution in [0.3, 0.4) is 0 Å². The van der Waals surface area contributed by atoms with E-state index < -0.39 is 11.7 Å². The van der Waals surface area contributed by atoms with Crippen molar-refractivity contribution in [1.82, 2.24) is 0 Å². The van der Waals surface area contributed by atoms with Gasteiger partial charge in [-0.25, -0.2) is 4.39 Å². The van der Waals surface area contributed by atoms with Crippen LogP contribution in [0.15, 0.2) is 42.5 Å². The van der Waals surface area contributed by atoms with Gasteiger partial charge in [0.25, 0.3) is 5.91 Å². The molecule has 5 heteroatoms. The second-order valence-corrected chi connectivity index (χ2v) is 4.16. The predicted molar refractivity (Wildman–Crippen MR) is 70.5 cm³/mol. The van der Waals surface area contributed by atoms with Crippen molar-refractivity contribution in [1.29, 1.82) is 5.26 Å². The van der Waals surface area contributed by atoms with Gasteiger partial charge in [0.1, 0.15) is 0 Å². The Labute approximate surface area is 114 Å². The fourth-order valence-corrected chi connectivity index (χ4v) is 1.70. The molecule has 1 amide bonds. The molecular formula is C14H8ClFN2O. The quantitative estimate of drug-likeness (QED) is 0.909. The van der Waals surface area contributed by atoms with E-state index in [1.807, 2.05) is 6.07 Å². The van der Waals surface area contributed by atoms with Crippen LogP contribution in [0.1, 0.15) is 15.9 Å². The lowest BCUT2D eigenvalue weighted by Gasteiger charge is -2.07. The minimum Gasteiger partial charge on any atom is -0.319 e. The summed E-state index contributed by atoms with van der Waals surface area (Å²) in [5, 5.41) is 11.1. The summed E-state index contributed by atoms with van der Waals surface area (Å²) in [6, 6.07) is 12.4. The maximum Gasteiger partial charge on any atom is 0.255 e. The highest BCUT2D eigenvalue weighted by Gasteiger charge is 2.11. The molecule has 0 heterocycles. The van der Waals surface area contributed by atoms with Crippen molar-refractivity contribution in [3.8, 4) is 6.07 Å². The average molecular weight is 275 g/mol. The molecule has 0 unspecified atom stereocenters. The van der Waals surface area contributed by atoms with Gasteiger partial charge in [0.15, 0.2) is 5.82 Å². The van der Waals surface area contributed by atoms with Crippen LogP contribution in [0.4, 0.5) is 10.1 Å². The third-order valence-electron chi connectivity index (χ3n) is 2.45. The number of anilines is 1. The Morgan fingerprint density at radius 3 is 2.74 bits per heavy atom. The van der Waals surface area contributed by atoms with Crippen molar-refractivity contribution < 1.29 is 9.18 Å². The molecule has 19 heavy (non-hydrogen) atoms. The first-order valence-electron chi connectivity index (χ1n) is 5.37. The van der Waals surface area contributed by atoms with Gasteiger partial charge in [-0.15, -0.1) is 0 Å². The van der Waals surface area contributed by atoms with E-state index in [9.17, 15) is 9.18 Å². The van der Waals surface area contributed by atoms with E-state index in [2.05, 4.69) is 5.32 Å². The van der Waals surface area contributed by atoms with E-state index in [1.165, 1.54) is 24.3 Å². The topological polar surface area (TPSA) is 52.9 Å². The van der Waals surface area contributed by atoms with Gasteiger partial charge in [0.05, 0.1) is 22.3 Å². The van der Waals surface area contributed by atoms with Gasteiger partial charge in [-0.1, -0.05) is 23.7 Å². The zero-order valence-corrected chi connectivity index (χ0v) is 10.4. The molecule has 0 aliphatic heterocycles. The van der Waals surface area contributed by atoms with E-state index in [0.717, 1.165) is 0 Å². The van der Waals surface area contributed by atoms with Crippen molar-refractivity contribution in [3.63, 3.8) is 0 Å². The number of halogens is 2. The number of carbonyl (C=O) groups is 1. The highest BCUT2D eigenvalue weighted by Crippen LogP contribution is 2.22. The SMILES string of the molecule is N#Cc1cccc(C(=O)Nc2cccc(Cl)c2F)c1. The summed E-state index contributed by atoms with van der Waals surface area (Å²) >= 11 is 5.62. The molecule has 0 saturated heterocycles. The van der Waals surface area contributed by atoms with Crippen molar-refractivity contribution in [2.24, 2.45) is 0 Å². The lowest BCUT2D eigenvalue weighted by molar-refractivity contribution is 0.102. The van der Waals surface area contributed by atoms with Crippen LogP contribution in [0, 0.1) is 17.1 Å². The Morgan fingerprint density at radius 2 is 2.00 bits per heavy atom. The summed E-state index contributed by atoms with van der Waals surface area (Å²) in [5.41, 5.74) is 0.637. The summed E-state index contributed by atoms with van der Waals surface area (Å²) in [7, 11) is 0. The maximum atomic E-state index is 13.6. The molecular weight excluding hydrogens is 267 g/mol. The monoisotopic (exact) mass is 274 g/mol. The molecule has 1 N–H and O–H groups in total. The number of amides is 1. The van der Waals surface area contributed by atoms with Gasteiger partial charge in [-0.2, -0.15) is 5.26 Å². The molecule has 2 aromatic rings. The number of carbonyl (C=O) groups excluding carboxylic acids is 1. The zero-order valence-electron chi connectivity index (χ0n) is 9.65. The number of rotatable bonds is 2. The molecule has 0 aromatic heterocycles. The van der Waals surface area contributed by atoms with E-state index in [-0.39, 0.29) is 16.3 Å². The minimum absolute atomic E-state index is 0.000129. The number of nitriles is 1. The predicted octanol–water partition coefficient (Wildman–Crippen LogP) is 3.60.